The number of fused-ring (bicyclic) bond motifs is 2. The van der Waals surface area contributed by atoms with Crippen LogP contribution in [0.25, 0.3) is 21.9 Å². The van der Waals surface area contributed by atoms with Gasteiger partial charge in [-0.05, 0) is 81.9 Å². The molecule has 4 heterocycles. The van der Waals surface area contributed by atoms with Crippen molar-refractivity contribution in [2.24, 2.45) is 5.92 Å². The summed E-state index contributed by atoms with van der Waals surface area (Å²) in [6.07, 6.45) is 6.27. The van der Waals surface area contributed by atoms with Crippen LogP contribution in [-0.2, 0) is 0 Å². The van der Waals surface area contributed by atoms with Gasteiger partial charge in [-0.1, -0.05) is 23.2 Å². The van der Waals surface area contributed by atoms with Gasteiger partial charge in [0.25, 0.3) is 5.91 Å². The molecule has 8 nitrogen and oxygen atoms in total. The van der Waals surface area contributed by atoms with Crippen LogP contribution in [0.5, 0.6) is 0 Å². The number of carbonyl (C=O) groups is 1. The summed E-state index contributed by atoms with van der Waals surface area (Å²) in [6, 6.07) is 9.00. The van der Waals surface area contributed by atoms with Crippen molar-refractivity contribution in [2.75, 3.05) is 38.0 Å². The van der Waals surface area contributed by atoms with E-state index in [9.17, 15) is 4.79 Å². The highest BCUT2D eigenvalue weighted by atomic mass is 35.5. The van der Waals surface area contributed by atoms with E-state index in [2.05, 4.69) is 30.2 Å². The topological polar surface area (TPSA) is 90.0 Å². The maximum Gasteiger partial charge on any atom is 0.255 e. The van der Waals surface area contributed by atoms with E-state index in [1.165, 1.54) is 38.7 Å². The summed E-state index contributed by atoms with van der Waals surface area (Å²) in [5.74, 6) is 1.88. The summed E-state index contributed by atoms with van der Waals surface area (Å²) >= 11 is 12.8. The Morgan fingerprint density at radius 2 is 1.95 bits per heavy atom. The van der Waals surface area contributed by atoms with Crippen LogP contribution in [-0.4, -0.2) is 68.4 Å². The lowest BCUT2D eigenvalue weighted by molar-refractivity contribution is 0.0648. The highest BCUT2D eigenvalue weighted by molar-refractivity contribution is 6.35. The molecule has 2 N–H and O–H groups in total. The zero-order chi connectivity index (χ0) is 26.2. The number of aromatic amines is 1. The molecule has 2 saturated heterocycles. The van der Waals surface area contributed by atoms with Gasteiger partial charge in [-0.3, -0.25) is 4.79 Å². The second-order valence-corrected chi connectivity index (χ2v) is 11.3. The normalized spacial score (nSPS) is 19.3. The van der Waals surface area contributed by atoms with Gasteiger partial charge in [0.15, 0.2) is 0 Å². The van der Waals surface area contributed by atoms with Crippen molar-refractivity contribution in [3.8, 4) is 0 Å². The lowest BCUT2D eigenvalue weighted by Crippen LogP contribution is -2.43. The van der Waals surface area contributed by atoms with E-state index < -0.39 is 0 Å². The molecule has 2 fully saturated rings. The Balaban J connectivity index is 1.21. The number of hydrogen-bond donors (Lipinski definition) is 2. The van der Waals surface area contributed by atoms with Crippen LogP contribution in [0, 0.1) is 5.92 Å². The SMILES string of the molecule is C[C@@H](Nc1ncnc2cc(C(=O)N3CCC[C@H](CN4CCCC4)C3)c(Cl)cc12)c1nc2cc(Cl)ccc2[nH]1. The van der Waals surface area contributed by atoms with Crippen LogP contribution in [0.1, 0.15) is 54.8 Å². The molecule has 0 aliphatic carbocycles. The number of H-pyrrole nitrogens is 1. The molecular formula is C28H31Cl2N7O. The van der Waals surface area contributed by atoms with Crippen molar-refractivity contribution in [1.82, 2.24) is 29.7 Å². The van der Waals surface area contributed by atoms with Crippen LogP contribution in [0.4, 0.5) is 5.82 Å². The number of carbonyl (C=O) groups excluding carboxylic acids is 1. The number of benzene rings is 2. The molecular weight excluding hydrogens is 521 g/mol. The Labute approximate surface area is 231 Å². The number of piperidine rings is 1. The first kappa shape index (κ1) is 25.3. The molecule has 2 aliphatic rings. The molecule has 0 radical (unpaired) electrons. The number of amides is 1. The molecule has 1 amide bonds. The zero-order valence-electron chi connectivity index (χ0n) is 21.4. The summed E-state index contributed by atoms with van der Waals surface area (Å²) in [5, 5.41) is 5.23. The summed E-state index contributed by atoms with van der Waals surface area (Å²) in [5.41, 5.74) is 2.88. The Morgan fingerprint density at radius 3 is 2.79 bits per heavy atom. The minimum absolute atomic E-state index is 0.0227. The molecule has 0 saturated carbocycles. The highest BCUT2D eigenvalue weighted by Crippen LogP contribution is 2.31. The largest absolute Gasteiger partial charge is 0.360 e. The van der Waals surface area contributed by atoms with Gasteiger partial charge < -0.3 is 20.1 Å². The average molecular weight is 553 g/mol. The summed E-state index contributed by atoms with van der Waals surface area (Å²) in [7, 11) is 0. The first-order chi connectivity index (χ1) is 18.4. The Bertz CT molecular complexity index is 1480. The van der Waals surface area contributed by atoms with Gasteiger partial charge in [0.05, 0.1) is 33.2 Å². The van der Waals surface area contributed by atoms with Crippen LogP contribution in [0.2, 0.25) is 10.0 Å². The number of rotatable bonds is 6. The third-order valence-electron chi connectivity index (χ3n) is 7.70. The zero-order valence-corrected chi connectivity index (χ0v) is 22.9. The van der Waals surface area contributed by atoms with Gasteiger partial charge in [0.2, 0.25) is 0 Å². The van der Waals surface area contributed by atoms with E-state index in [0.717, 1.165) is 48.3 Å². The predicted molar refractivity (Wildman–Crippen MR) is 152 cm³/mol. The van der Waals surface area contributed by atoms with Crippen molar-refractivity contribution in [1.29, 1.82) is 0 Å². The fourth-order valence-corrected chi connectivity index (χ4v) is 6.14. The van der Waals surface area contributed by atoms with Gasteiger partial charge in [0.1, 0.15) is 18.0 Å². The number of hydrogen-bond acceptors (Lipinski definition) is 6. The molecule has 2 atom stereocenters. The lowest BCUT2D eigenvalue weighted by atomic mass is 9.96. The molecule has 10 heteroatoms. The molecule has 0 unspecified atom stereocenters. The van der Waals surface area contributed by atoms with Gasteiger partial charge in [-0.2, -0.15) is 0 Å². The van der Waals surface area contributed by atoms with E-state index in [0.29, 0.717) is 32.9 Å². The van der Waals surface area contributed by atoms with Crippen molar-refractivity contribution < 1.29 is 4.79 Å². The maximum absolute atomic E-state index is 13.6. The molecule has 198 valence electrons. The lowest BCUT2D eigenvalue weighted by Gasteiger charge is -2.35. The standard InChI is InChI=1S/C28H31Cl2N7O/c1-17(26-34-23-7-6-19(29)11-25(23)35-26)33-27-21-12-22(30)20(13-24(21)31-16-32-27)28(38)37-10-4-5-18(15-37)14-36-8-2-3-9-36/h6-7,11-13,16-18H,2-5,8-10,14-15H2,1H3,(H,34,35)(H,31,32,33)/t17-,18-/m1/s1. The highest BCUT2D eigenvalue weighted by Gasteiger charge is 2.28. The number of imidazole rings is 1. The summed E-state index contributed by atoms with van der Waals surface area (Å²) in [4.78, 5) is 35.0. The van der Waals surface area contributed by atoms with E-state index >= 15 is 0 Å². The van der Waals surface area contributed by atoms with Gasteiger partial charge in [0, 0.05) is 30.0 Å². The third-order valence-corrected chi connectivity index (χ3v) is 8.25. The second kappa shape index (κ2) is 10.7. The monoisotopic (exact) mass is 551 g/mol. The maximum atomic E-state index is 13.6. The fourth-order valence-electron chi connectivity index (χ4n) is 5.73. The molecule has 4 aromatic rings. The smallest absolute Gasteiger partial charge is 0.255 e. The van der Waals surface area contributed by atoms with Crippen LogP contribution in [0.15, 0.2) is 36.7 Å². The molecule has 2 aliphatic heterocycles. The Hall–Kier alpha value is -2.94. The van der Waals surface area contributed by atoms with Crippen LogP contribution >= 0.6 is 23.2 Å². The fraction of sp³-hybridized carbons (Fsp3) is 0.429. The number of anilines is 1. The van der Waals surface area contributed by atoms with Gasteiger partial charge >= 0.3 is 0 Å². The van der Waals surface area contributed by atoms with E-state index in [1.807, 2.05) is 30.0 Å². The quantitative estimate of drug-likeness (QED) is 0.308. The number of nitrogens with zero attached hydrogens (tertiary/aromatic N) is 5. The molecule has 0 bridgehead atoms. The Morgan fingerprint density at radius 1 is 1.11 bits per heavy atom. The minimum atomic E-state index is -0.166. The van der Waals surface area contributed by atoms with Crippen molar-refractivity contribution in [2.45, 2.75) is 38.6 Å². The third kappa shape index (κ3) is 5.17. The van der Waals surface area contributed by atoms with E-state index in [4.69, 9.17) is 23.2 Å². The molecule has 38 heavy (non-hydrogen) atoms. The van der Waals surface area contributed by atoms with Gasteiger partial charge in [-0.15, -0.1) is 0 Å². The van der Waals surface area contributed by atoms with Crippen LogP contribution in [0.3, 0.4) is 0 Å². The Kier molecular flexibility index (Phi) is 7.12. The van der Waals surface area contributed by atoms with Crippen LogP contribution < -0.4 is 5.32 Å². The molecule has 6 rings (SSSR count). The minimum Gasteiger partial charge on any atom is -0.360 e. The number of nitrogens with one attached hydrogen (secondary N) is 2. The van der Waals surface area contributed by atoms with Gasteiger partial charge in [-0.25, -0.2) is 15.0 Å². The van der Waals surface area contributed by atoms with Crippen molar-refractivity contribution >= 4 is 56.9 Å². The second-order valence-electron chi connectivity index (χ2n) is 10.5. The van der Waals surface area contributed by atoms with Crippen molar-refractivity contribution in [3.05, 3.63) is 58.1 Å². The first-order valence-electron chi connectivity index (χ1n) is 13.3. The summed E-state index contributed by atoms with van der Waals surface area (Å²) < 4.78 is 0. The molecule has 0 spiro atoms. The molecule has 2 aromatic heterocycles. The van der Waals surface area contributed by atoms with E-state index in [-0.39, 0.29) is 11.9 Å². The average Bonchev–Trinajstić information content (AvgIpc) is 3.58. The predicted octanol–water partition coefficient (Wildman–Crippen LogP) is 5.93. The summed E-state index contributed by atoms with van der Waals surface area (Å²) in [6.45, 7) is 6.98. The first-order valence-corrected chi connectivity index (χ1v) is 14.1. The van der Waals surface area contributed by atoms with Crippen molar-refractivity contribution in [3.63, 3.8) is 0 Å². The molecule has 2 aromatic carbocycles. The van der Waals surface area contributed by atoms with E-state index in [1.54, 1.807) is 12.1 Å². The number of aromatic nitrogens is 4. The number of halogens is 2. The number of likely N-dealkylation sites (tertiary alicyclic amines) is 2.